The molecule has 0 spiro atoms. The zero-order valence-corrected chi connectivity index (χ0v) is 14.1. The van der Waals surface area contributed by atoms with Gasteiger partial charge in [-0.1, -0.05) is 32.4 Å². The summed E-state index contributed by atoms with van der Waals surface area (Å²) in [5.41, 5.74) is 0.893. The van der Waals surface area contributed by atoms with Crippen LogP contribution in [0.3, 0.4) is 0 Å². The van der Waals surface area contributed by atoms with Crippen molar-refractivity contribution in [2.24, 2.45) is 0 Å². The first-order chi connectivity index (χ1) is 8.45. The molecule has 1 aromatic carbocycles. The summed E-state index contributed by atoms with van der Waals surface area (Å²) in [4.78, 5) is 11.3. The third-order valence-corrected chi connectivity index (χ3v) is 8.18. The molecule has 0 amide bonds. The fourth-order valence-electron chi connectivity index (χ4n) is 1.43. The van der Waals surface area contributed by atoms with Crippen LogP contribution in [0.2, 0.25) is 23.2 Å². The van der Waals surface area contributed by atoms with Gasteiger partial charge in [-0.2, -0.15) is 0 Å². The second kappa shape index (κ2) is 5.17. The normalized spacial score (nSPS) is 12.4. The second-order valence-corrected chi connectivity index (χ2v) is 11.4. The van der Waals surface area contributed by atoms with Gasteiger partial charge in [-0.05, 0) is 42.8 Å². The van der Waals surface area contributed by atoms with Gasteiger partial charge < -0.3 is 9.53 Å². The van der Waals surface area contributed by atoms with Crippen molar-refractivity contribution in [3.8, 4) is 5.75 Å². The van der Waals surface area contributed by atoms with Crippen molar-refractivity contribution in [1.29, 1.82) is 0 Å². The van der Waals surface area contributed by atoms with Crippen LogP contribution in [-0.2, 0) is 0 Å². The summed E-state index contributed by atoms with van der Waals surface area (Å²) in [5.74, 6) is -0.567. The number of halogens is 1. The Morgan fingerprint density at radius 1 is 1.32 bits per heavy atom. The van der Waals surface area contributed by atoms with Crippen LogP contribution in [0.5, 0.6) is 5.75 Å². The fraction of sp³-hybridized carbons (Fsp3) is 0.500. The minimum atomic E-state index is -2.08. The molecule has 0 saturated heterocycles. The molecular weight excluding hydrogens is 280 g/mol. The molecule has 0 unspecified atom stereocenters. The Bertz CT molecular complexity index is 504. The highest BCUT2D eigenvalue weighted by molar-refractivity contribution is 6.74. The first-order valence-electron chi connectivity index (χ1n) is 6.18. The minimum absolute atomic E-state index is 0.00878. The smallest absolute Gasteiger partial charge is 0.339 e. The van der Waals surface area contributed by atoms with Crippen LogP contribution in [0.25, 0.3) is 0 Å². The molecule has 0 aliphatic heterocycles. The van der Waals surface area contributed by atoms with Crippen molar-refractivity contribution < 1.29 is 14.3 Å². The molecule has 106 valence electrons. The lowest BCUT2D eigenvalue weighted by molar-refractivity contribution is 0.0694. The molecule has 1 rings (SSSR count). The van der Waals surface area contributed by atoms with Crippen LogP contribution in [0.4, 0.5) is 0 Å². The van der Waals surface area contributed by atoms with Crippen LogP contribution in [-0.4, -0.2) is 19.4 Å². The van der Waals surface area contributed by atoms with Gasteiger partial charge in [0, 0.05) is 5.02 Å². The molecule has 0 aliphatic rings. The van der Waals surface area contributed by atoms with E-state index < -0.39 is 14.3 Å². The topological polar surface area (TPSA) is 46.5 Å². The Morgan fingerprint density at radius 3 is 2.26 bits per heavy atom. The maximum Gasteiger partial charge on any atom is 0.339 e. The van der Waals surface area contributed by atoms with E-state index in [-0.39, 0.29) is 10.6 Å². The molecule has 0 aliphatic carbocycles. The Kier molecular flexibility index (Phi) is 4.37. The monoisotopic (exact) mass is 300 g/mol. The average Bonchev–Trinajstić information content (AvgIpc) is 2.19. The van der Waals surface area contributed by atoms with E-state index in [1.165, 1.54) is 6.07 Å². The number of carboxylic acid groups (broad SMARTS) is 1. The fourth-order valence-corrected chi connectivity index (χ4v) is 2.79. The summed E-state index contributed by atoms with van der Waals surface area (Å²) < 4.78 is 6.14. The highest BCUT2D eigenvalue weighted by Crippen LogP contribution is 2.39. The SMILES string of the molecule is Cc1cc(Cl)cc(C(=O)O)c1O[Si](C)(C)C(C)(C)C. The van der Waals surface area contributed by atoms with Crippen LogP contribution in [0.1, 0.15) is 36.7 Å². The molecule has 0 aromatic heterocycles. The van der Waals surface area contributed by atoms with E-state index in [0.717, 1.165) is 5.56 Å². The summed E-state index contributed by atoms with van der Waals surface area (Å²) in [5, 5.41) is 9.71. The molecule has 3 nitrogen and oxygen atoms in total. The van der Waals surface area contributed by atoms with E-state index in [1.54, 1.807) is 6.07 Å². The zero-order valence-electron chi connectivity index (χ0n) is 12.3. The molecule has 0 saturated carbocycles. The lowest BCUT2D eigenvalue weighted by atomic mass is 10.1. The van der Waals surface area contributed by atoms with E-state index in [0.29, 0.717) is 10.8 Å². The summed E-state index contributed by atoms with van der Waals surface area (Å²) >= 11 is 5.92. The molecule has 1 aromatic rings. The maximum atomic E-state index is 11.3. The highest BCUT2D eigenvalue weighted by atomic mass is 35.5. The van der Waals surface area contributed by atoms with Gasteiger partial charge in [0.15, 0.2) is 0 Å². The number of aryl methyl sites for hydroxylation is 1. The van der Waals surface area contributed by atoms with E-state index in [1.807, 2.05) is 6.92 Å². The van der Waals surface area contributed by atoms with Gasteiger partial charge in [0.1, 0.15) is 11.3 Å². The number of carboxylic acids is 1. The zero-order chi connectivity index (χ0) is 15.0. The summed E-state index contributed by atoms with van der Waals surface area (Å²) in [6.07, 6.45) is 0. The molecular formula is C14H21ClO3Si. The van der Waals surface area contributed by atoms with Crippen molar-refractivity contribution in [1.82, 2.24) is 0 Å². The standard InChI is InChI=1S/C14H21ClO3Si/c1-9-7-10(15)8-11(13(16)17)12(9)18-19(5,6)14(2,3)4/h7-8H,1-6H3,(H,16,17). The van der Waals surface area contributed by atoms with Gasteiger partial charge in [0.05, 0.1) is 0 Å². The predicted octanol–water partition coefficient (Wildman–Crippen LogP) is 4.73. The van der Waals surface area contributed by atoms with E-state index in [9.17, 15) is 9.90 Å². The van der Waals surface area contributed by atoms with Gasteiger partial charge in [-0.15, -0.1) is 0 Å². The van der Waals surface area contributed by atoms with Crippen molar-refractivity contribution in [2.45, 2.75) is 45.8 Å². The second-order valence-electron chi connectivity index (χ2n) is 6.27. The van der Waals surface area contributed by atoms with Crippen molar-refractivity contribution in [3.05, 3.63) is 28.3 Å². The number of aromatic carboxylic acids is 1. The van der Waals surface area contributed by atoms with Crippen molar-refractivity contribution >= 4 is 25.9 Å². The third kappa shape index (κ3) is 3.51. The first-order valence-corrected chi connectivity index (χ1v) is 9.47. The Labute approximate surface area is 120 Å². The largest absolute Gasteiger partial charge is 0.543 e. The average molecular weight is 301 g/mol. The van der Waals surface area contributed by atoms with E-state index in [2.05, 4.69) is 33.9 Å². The van der Waals surface area contributed by atoms with E-state index in [4.69, 9.17) is 16.0 Å². The van der Waals surface area contributed by atoms with Gasteiger partial charge in [-0.3, -0.25) is 0 Å². The van der Waals surface area contributed by atoms with Crippen LogP contribution >= 0.6 is 11.6 Å². The molecule has 0 bridgehead atoms. The summed E-state index contributed by atoms with van der Waals surface area (Å²) in [7, 11) is -2.08. The predicted molar refractivity (Wildman–Crippen MR) is 81.0 cm³/mol. The number of rotatable bonds is 3. The Hall–Kier alpha value is -1.00. The van der Waals surface area contributed by atoms with Gasteiger partial charge >= 0.3 is 5.97 Å². The lowest BCUT2D eigenvalue weighted by Gasteiger charge is -2.37. The van der Waals surface area contributed by atoms with Crippen molar-refractivity contribution in [2.75, 3.05) is 0 Å². The molecule has 19 heavy (non-hydrogen) atoms. The minimum Gasteiger partial charge on any atom is -0.543 e. The lowest BCUT2D eigenvalue weighted by Crippen LogP contribution is -2.44. The van der Waals surface area contributed by atoms with Crippen LogP contribution < -0.4 is 4.43 Å². The molecule has 0 heterocycles. The van der Waals surface area contributed by atoms with Crippen LogP contribution in [0, 0.1) is 6.92 Å². The Morgan fingerprint density at radius 2 is 1.84 bits per heavy atom. The van der Waals surface area contributed by atoms with Crippen molar-refractivity contribution in [3.63, 3.8) is 0 Å². The summed E-state index contributed by atoms with van der Waals surface area (Å²) in [6, 6.07) is 3.18. The van der Waals surface area contributed by atoms with Gasteiger partial charge in [-0.25, -0.2) is 4.79 Å². The Balaban J connectivity index is 3.32. The molecule has 5 heteroatoms. The number of hydrogen-bond acceptors (Lipinski definition) is 2. The molecule has 0 atom stereocenters. The third-order valence-electron chi connectivity index (χ3n) is 3.63. The van der Waals surface area contributed by atoms with E-state index >= 15 is 0 Å². The highest BCUT2D eigenvalue weighted by Gasteiger charge is 2.40. The number of benzene rings is 1. The van der Waals surface area contributed by atoms with Gasteiger partial charge in [0.25, 0.3) is 8.32 Å². The van der Waals surface area contributed by atoms with Gasteiger partial charge in [0.2, 0.25) is 0 Å². The molecule has 0 fully saturated rings. The first kappa shape index (κ1) is 16.1. The molecule has 1 N–H and O–H groups in total. The van der Waals surface area contributed by atoms with Crippen LogP contribution in [0.15, 0.2) is 12.1 Å². The number of hydrogen-bond donors (Lipinski definition) is 1. The number of carbonyl (C=O) groups is 1. The molecule has 0 radical (unpaired) electrons. The quantitative estimate of drug-likeness (QED) is 0.821. The maximum absolute atomic E-state index is 11.3. The summed E-state index contributed by atoms with van der Waals surface area (Å²) in [6.45, 7) is 12.3.